The molecule has 282 valence electrons. The highest BCUT2D eigenvalue weighted by Crippen LogP contribution is 2.59. The maximum Gasteiger partial charge on any atom is 0.410 e. The first-order valence-corrected chi connectivity index (χ1v) is 18.6. The summed E-state index contributed by atoms with van der Waals surface area (Å²) in [5.41, 5.74) is 3.60. The Balaban J connectivity index is 1.22. The van der Waals surface area contributed by atoms with Gasteiger partial charge in [0.2, 0.25) is 0 Å². The molecule has 3 aromatic carbocycles. The van der Waals surface area contributed by atoms with Gasteiger partial charge in [0.25, 0.3) is 11.0 Å². The van der Waals surface area contributed by atoms with Crippen molar-refractivity contribution in [2.45, 2.75) is 64.0 Å². The minimum Gasteiger partial charge on any atom is -0.489 e. The summed E-state index contributed by atoms with van der Waals surface area (Å²) in [4.78, 5) is 46.3. The standard InChI is InChI=1S/C38H38Cl3F2N3O7/c39-29-7-3-6-26(33(29)40)21-45(27-12-13-27)36(47)28-22-44(37(48)52-18-1-2-20-53-46(49)50)23-38(16-17-38)32(28)25-10-8-24(9-11-25)5-4-19-51-35-31(43)15-14-30(42)34(35)41/h3,6-11,14-15,27H,1-2,4-5,12-13,16-23H2. The van der Waals surface area contributed by atoms with Crippen molar-refractivity contribution in [1.29, 1.82) is 0 Å². The molecule has 2 aliphatic carbocycles. The van der Waals surface area contributed by atoms with Crippen LogP contribution in [-0.2, 0) is 27.3 Å². The maximum atomic E-state index is 14.7. The smallest absolute Gasteiger partial charge is 0.410 e. The second kappa shape index (κ2) is 16.9. The summed E-state index contributed by atoms with van der Waals surface area (Å²) in [7, 11) is 0. The monoisotopic (exact) mass is 791 g/mol. The van der Waals surface area contributed by atoms with E-state index in [-0.39, 0.29) is 50.6 Å². The molecule has 15 heteroatoms. The molecule has 1 heterocycles. The van der Waals surface area contributed by atoms with Crippen LogP contribution in [0.1, 0.15) is 61.6 Å². The van der Waals surface area contributed by atoms with E-state index < -0.39 is 33.3 Å². The lowest BCUT2D eigenvalue weighted by atomic mass is 9.81. The molecule has 0 saturated heterocycles. The topological polar surface area (TPSA) is 111 Å². The van der Waals surface area contributed by atoms with Crippen molar-refractivity contribution in [3.05, 3.63) is 114 Å². The molecule has 6 rings (SSSR count). The Labute approximate surface area is 320 Å². The molecule has 53 heavy (non-hydrogen) atoms. The molecule has 1 aliphatic heterocycles. The summed E-state index contributed by atoms with van der Waals surface area (Å²) in [5, 5.41) is 9.96. The summed E-state index contributed by atoms with van der Waals surface area (Å²) in [6, 6.07) is 15.2. The van der Waals surface area contributed by atoms with E-state index in [9.17, 15) is 28.5 Å². The zero-order valence-corrected chi connectivity index (χ0v) is 31.0. The minimum absolute atomic E-state index is 0.0190. The third-order valence-electron chi connectivity index (χ3n) is 9.73. The highest BCUT2D eigenvalue weighted by atomic mass is 35.5. The van der Waals surface area contributed by atoms with Gasteiger partial charge in [-0.1, -0.05) is 71.2 Å². The Morgan fingerprint density at radius 2 is 1.64 bits per heavy atom. The van der Waals surface area contributed by atoms with Gasteiger partial charge in [0.05, 0.1) is 36.4 Å². The van der Waals surface area contributed by atoms with Crippen molar-refractivity contribution in [3.8, 4) is 5.75 Å². The first kappa shape index (κ1) is 38.6. The molecule has 0 N–H and O–H groups in total. The van der Waals surface area contributed by atoms with Crippen LogP contribution in [0.3, 0.4) is 0 Å². The number of rotatable bonds is 16. The van der Waals surface area contributed by atoms with Crippen molar-refractivity contribution >= 4 is 52.4 Å². The zero-order chi connectivity index (χ0) is 37.7. The third kappa shape index (κ3) is 9.34. The summed E-state index contributed by atoms with van der Waals surface area (Å²) in [5.74, 6) is -1.97. The van der Waals surface area contributed by atoms with Crippen LogP contribution in [-0.4, -0.2) is 65.8 Å². The van der Waals surface area contributed by atoms with Crippen molar-refractivity contribution < 1.29 is 37.8 Å². The lowest BCUT2D eigenvalue weighted by Gasteiger charge is -2.38. The molecule has 2 amide bonds. The molecule has 0 unspecified atom stereocenters. The van der Waals surface area contributed by atoms with Crippen LogP contribution in [0.5, 0.6) is 5.75 Å². The van der Waals surface area contributed by atoms with Crippen molar-refractivity contribution in [2.24, 2.45) is 5.41 Å². The van der Waals surface area contributed by atoms with E-state index in [1.165, 1.54) is 0 Å². The summed E-state index contributed by atoms with van der Waals surface area (Å²) < 4.78 is 38.9. The molecule has 0 radical (unpaired) electrons. The fourth-order valence-corrected chi connectivity index (χ4v) is 7.32. The number of unbranched alkanes of at least 4 members (excludes halogenated alkanes) is 1. The molecule has 10 nitrogen and oxygen atoms in total. The summed E-state index contributed by atoms with van der Waals surface area (Å²) in [6.07, 6.45) is 4.55. The van der Waals surface area contributed by atoms with E-state index in [0.29, 0.717) is 47.8 Å². The van der Waals surface area contributed by atoms with Crippen LogP contribution in [0.25, 0.3) is 5.57 Å². The Hall–Kier alpha value is -4.13. The second-order valence-electron chi connectivity index (χ2n) is 13.6. The maximum absolute atomic E-state index is 14.7. The fourth-order valence-electron chi connectivity index (χ4n) is 6.74. The molecular weight excluding hydrogens is 755 g/mol. The van der Waals surface area contributed by atoms with E-state index in [1.807, 2.05) is 35.2 Å². The Morgan fingerprint density at radius 1 is 0.925 bits per heavy atom. The number of nitrogens with zero attached hydrogens (tertiary/aromatic N) is 3. The van der Waals surface area contributed by atoms with Gasteiger partial charge in [-0.25, -0.2) is 13.6 Å². The van der Waals surface area contributed by atoms with Gasteiger partial charge in [0.15, 0.2) is 11.6 Å². The third-order valence-corrected chi connectivity index (χ3v) is 10.9. The molecule has 1 spiro atoms. The van der Waals surface area contributed by atoms with E-state index in [4.69, 9.17) is 44.3 Å². The average molecular weight is 793 g/mol. The largest absolute Gasteiger partial charge is 0.489 e. The first-order chi connectivity index (χ1) is 25.5. The van der Waals surface area contributed by atoms with Crippen LogP contribution in [0.4, 0.5) is 13.6 Å². The zero-order valence-electron chi connectivity index (χ0n) is 28.8. The predicted molar refractivity (Wildman–Crippen MR) is 195 cm³/mol. The molecule has 2 saturated carbocycles. The van der Waals surface area contributed by atoms with Gasteiger partial charge in [-0.15, -0.1) is 10.1 Å². The fraction of sp³-hybridized carbons (Fsp3) is 0.421. The van der Waals surface area contributed by atoms with Gasteiger partial charge in [-0.3, -0.25) is 4.79 Å². The highest BCUT2D eigenvalue weighted by Gasteiger charge is 2.54. The molecule has 2 fully saturated rings. The quantitative estimate of drug-likeness (QED) is 0.0616. The van der Waals surface area contributed by atoms with Crippen LogP contribution >= 0.6 is 34.8 Å². The number of carbonyl (C=O) groups is 2. The average Bonchev–Trinajstić information content (AvgIpc) is 4.09. The molecule has 3 aromatic rings. The Morgan fingerprint density at radius 3 is 2.34 bits per heavy atom. The van der Waals surface area contributed by atoms with Gasteiger partial charge < -0.3 is 24.1 Å². The predicted octanol–water partition coefficient (Wildman–Crippen LogP) is 9.10. The van der Waals surface area contributed by atoms with E-state index in [2.05, 4.69) is 4.84 Å². The van der Waals surface area contributed by atoms with Crippen LogP contribution in [0.2, 0.25) is 15.1 Å². The number of halogens is 5. The molecule has 0 atom stereocenters. The molecule has 3 aliphatic rings. The van der Waals surface area contributed by atoms with Gasteiger partial charge in [-0.05, 0) is 91.8 Å². The lowest BCUT2D eigenvalue weighted by Crippen LogP contribution is -2.46. The normalized spacial score (nSPS) is 16.1. The number of ether oxygens (including phenoxy) is 2. The van der Waals surface area contributed by atoms with E-state index >= 15 is 0 Å². The lowest BCUT2D eigenvalue weighted by molar-refractivity contribution is -0.757. The number of hydrogen-bond acceptors (Lipinski definition) is 7. The van der Waals surface area contributed by atoms with Gasteiger partial charge in [0, 0.05) is 30.1 Å². The number of hydrogen-bond donors (Lipinski definition) is 0. The van der Waals surface area contributed by atoms with Gasteiger partial charge in [0.1, 0.15) is 10.8 Å². The van der Waals surface area contributed by atoms with Crippen LogP contribution < -0.4 is 4.74 Å². The highest BCUT2D eigenvalue weighted by molar-refractivity contribution is 6.42. The number of benzene rings is 3. The second-order valence-corrected chi connectivity index (χ2v) is 14.7. The number of carbonyl (C=O) groups excluding carboxylic acids is 2. The molecule has 0 bridgehead atoms. The van der Waals surface area contributed by atoms with Crippen molar-refractivity contribution in [3.63, 3.8) is 0 Å². The summed E-state index contributed by atoms with van der Waals surface area (Å²) in [6.45, 7) is 0.776. The number of amides is 2. The van der Waals surface area contributed by atoms with Crippen molar-refractivity contribution in [2.75, 3.05) is 32.9 Å². The first-order valence-electron chi connectivity index (χ1n) is 17.5. The van der Waals surface area contributed by atoms with Crippen molar-refractivity contribution in [1.82, 2.24) is 9.80 Å². The van der Waals surface area contributed by atoms with Gasteiger partial charge >= 0.3 is 6.09 Å². The van der Waals surface area contributed by atoms with Crippen LogP contribution in [0, 0.1) is 27.2 Å². The SMILES string of the molecule is O=C(OCCCCO[N+](=O)[O-])N1CC(C(=O)N(Cc2cccc(Cl)c2Cl)C2CC2)=C(c2ccc(CCCOc3c(F)ccc(F)c3Cl)cc2)C2(CC2)C1. The Kier molecular flexibility index (Phi) is 12.3. The van der Waals surface area contributed by atoms with Crippen LogP contribution in [0.15, 0.2) is 60.2 Å². The number of aryl methyl sites for hydroxylation is 1. The van der Waals surface area contributed by atoms with E-state index in [0.717, 1.165) is 60.1 Å². The Bertz CT molecular complexity index is 1890. The van der Waals surface area contributed by atoms with Gasteiger partial charge in [-0.2, -0.15) is 0 Å². The molecule has 0 aromatic heterocycles. The summed E-state index contributed by atoms with van der Waals surface area (Å²) >= 11 is 18.8. The van der Waals surface area contributed by atoms with E-state index in [1.54, 1.807) is 17.0 Å². The molecular formula is C38H38Cl3F2N3O7. The minimum atomic E-state index is -0.859.